The molecular weight excluding hydrogens is 286 g/mol. The maximum Gasteiger partial charge on any atom is 0.00944 e. The molecule has 1 nitrogen and oxygen atoms in total. The van der Waals surface area contributed by atoms with Crippen LogP contribution in [0.4, 0.5) is 0 Å². The molecule has 22 heavy (non-hydrogen) atoms. The quantitative estimate of drug-likeness (QED) is 0.582. The van der Waals surface area contributed by atoms with Gasteiger partial charge in [-0.15, -0.1) is 11.8 Å². The maximum atomic E-state index is 2.52. The van der Waals surface area contributed by atoms with E-state index in [1.807, 2.05) is 0 Å². The van der Waals surface area contributed by atoms with Crippen molar-refractivity contribution in [3.05, 3.63) is 29.8 Å². The Hall–Kier alpha value is -0.470. The molecule has 2 rings (SSSR count). The fraction of sp³-hybridized carbons (Fsp3) is 0.700. The number of benzene rings is 1. The fourth-order valence-electron chi connectivity index (χ4n) is 3.33. The lowest BCUT2D eigenvalue weighted by Gasteiger charge is -2.22. The molecule has 1 aromatic rings. The molecule has 1 aliphatic carbocycles. The van der Waals surface area contributed by atoms with Gasteiger partial charge in [0.15, 0.2) is 0 Å². The minimum absolute atomic E-state index is 0.661. The Balaban J connectivity index is 1.82. The molecule has 0 bridgehead atoms. The summed E-state index contributed by atoms with van der Waals surface area (Å²) in [6.45, 7) is 10.4. The topological polar surface area (TPSA) is 3.24 Å². The van der Waals surface area contributed by atoms with Crippen LogP contribution in [0.1, 0.15) is 70.8 Å². The predicted molar refractivity (Wildman–Crippen MR) is 100.0 cm³/mol. The first-order chi connectivity index (χ1) is 10.7. The summed E-state index contributed by atoms with van der Waals surface area (Å²) >= 11 is 2.10. The van der Waals surface area contributed by atoms with Gasteiger partial charge in [0, 0.05) is 10.1 Å². The van der Waals surface area contributed by atoms with Crippen LogP contribution in [-0.4, -0.2) is 29.8 Å². The van der Waals surface area contributed by atoms with Crippen LogP contribution in [0, 0.1) is 0 Å². The summed E-state index contributed by atoms with van der Waals surface area (Å²) in [6, 6.07) is 9.42. The molecule has 124 valence electrons. The zero-order valence-corrected chi connectivity index (χ0v) is 15.5. The van der Waals surface area contributed by atoms with Gasteiger partial charge in [-0.25, -0.2) is 0 Å². The summed E-state index contributed by atoms with van der Waals surface area (Å²) in [5.41, 5.74) is 1.50. The Kier molecular flexibility index (Phi) is 7.82. The van der Waals surface area contributed by atoms with Crippen LogP contribution in [-0.2, 0) is 0 Å². The van der Waals surface area contributed by atoms with Gasteiger partial charge in [0.25, 0.3) is 0 Å². The largest absolute Gasteiger partial charge is 0.304 e. The van der Waals surface area contributed by atoms with E-state index >= 15 is 0 Å². The zero-order valence-electron chi connectivity index (χ0n) is 14.7. The highest BCUT2D eigenvalue weighted by atomic mass is 32.2. The Morgan fingerprint density at radius 3 is 2.27 bits per heavy atom. The highest BCUT2D eigenvalue weighted by Gasteiger charge is 2.15. The smallest absolute Gasteiger partial charge is 0.00944 e. The van der Waals surface area contributed by atoms with Crippen LogP contribution in [0.25, 0.3) is 0 Å². The lowest BCUT2D eigenvalue weighted by atomic mass is 9.98. The molecule has 0 N–H and O–H groups in total. The molecule has 0 spiro atoms. The Morgan fingerprint density at radius 2 is 1.68 bits per heavy atom. The Morgan fingerprint density at radius 1 is 1.05 bits per heavy atom. The minimum atomic E-state index is 0.661. The molecule has 1 aliphatic rings. The van der Waals surface area contributed by atoms with Gasteiger partial charge in [0.05, 0.1) is 0 Å². The van der Waals surface area contributed by atoms with Gasteiger partial charge in [-0.2, -0.15) is 0 Å². The molecule has 1 atom stereocenters. The molecule has 1 unspecified atom stereocenters. The highest BCUT2D eigenvalue weighted by molar-refractivity contribution is 8.00. The molecular formula is C20H33NS. The van der Waals surface area contributed by atoms with Gasteiger partial charge in [0.2, 0.25) is 0 Å². The molecule has 0 heterocycles. The third-order valence-electron chi connectivity index (χ3n) is 5.08. The van der Waals surface area contributed by atoms with Gasteiger partial charge in [-0.3, -0.25) is 0 Å². The highest BCUT2D eigenvalue weighted by Crippen LogP contribution is 2.34. The minimum Gasteiger partial charge on any atom is -0.304 e. The van der Waals surface area contributed by atoms with Crippen LogP contribution in [0.2, 0.25) is 0 Å². The van der Waals surface area contributed by atoms with E-state index in [-0.39, 0.29) is 0 Å². The second-order valence-electron chi connectivity index (χ2n) is 6.66. The van der Waals surface area contributed by atoms with Gasteiger partial charge in [-0.1, -0.05) is 52.2 Å². The third kappa shape index (κ3) is 5.62. The second-order valence-corrected chi connectivity index (χ2v) is 8.04. The predicted octanol–water partition coefficient (Wildman–Crippen LogP) is 5.95. The zero-order chi connectivity index (χ0) is 15.8. The van der Waals surface area contributed by atoms with E-state index in [0.29, 0.717) is 5.92 Å². The molecule has 1 aromatic carbocycles. The molecule has 0 amide bonds. The van der Waals surface area contributed by atoms with Crippen LogP contribution < -0.4 is 0 Å². The summed E-state index contributed by atoms with van der Waals surface area (Å²) < 4.78 is 0. The van der Waals surface area contributed by atoms with Crippen molar-refractivity contribution in [2.24, 2.45) is 0 Å². The number of rotatable bonds is 8. The van der Waals surface area contributed by atoms with E-state index in [9.17, 15) is 0 Å². The summed E-state index contributed by atoms with van der Waals surface area (Å²) in [4.78, 5) is 3.98. The number of hydrogen-bond donors (Lipinski definition) is 0. The Bertz CT molecular complexity index is 404. The van der Waals surface area contributed by atoms with Gasteiger partial charge in [-0.05, 0) is 62.5 Å². The molecule has 2 heteroatoms. The average Bonchev–Trinajstić information content (AvgIpc) is 2.57. The van der Waals surface area contributed by atoms with Crippen LogP contribution >= 0.6 is 11.8 Å². The van der Waals surface area contributed by atoms with E-state index < -0.39 is 0 Å². The maximum absolute atomic E-state index is 2.52. The van der Waals surface area contributed by atoms with Crippen molar-refractivity contribution in [3.63, 3.8) is 0 Å². The monoisotopic (exact) mass is 319 g/mol. The van der Waals surface area contributed by atoms with E-state index in [4.69, 9.17) is 0 Å². The fourth-order valence-corrected chi connectivity index (χ4v) is 4.58. The van der Waals surface area contributed by atoms with Crippen molar-refractivity contribution in [2.75, 3.05) is 19.6 Å². The van der Waals surface area contributed by atoms with Crippen molar-refractivity contribution >= 4 is 11.8 Å². The summed E-state index contributed by atoms with van der Waals surface area (Å²) in [5, 5.41) is 0.861. The number of hydrogen-bond acceptors (Lipinski definition) is 2. The number of nitrogens with zero attached hydrogens (tertiary/aromatic N) is 1. The lowest BCUT2D eigenvalue weighted by Crippen LogP contribution is -2.24. The van der Waals surface area contributed by atoms with Crippen molar-refractivity contribution in [2.45, 2.75) is 75.4 Å². The van der Waals surface area contributed by atoms with Crippen LogP contribution in [0.15, 0.2) is 29.2 Å². The van der Waals surface area contributed by atoms with Crippen molar-refractivity contribution in [1.29, 1.82) is 0 Å². The summed E-state index contributed by atoms with van der Waals surface area (Å²) in [5.74, 6) is 0.661. The Labute approximate surface area is 141 Å². The number of thioether (sulfide) groups is 1. The van der Waals surface area contributed by atoms with Gasteiger partial charge >= 0.3 is 0 Å². The second kappa shape index (κ2) is 9.62. The summed E-state index contributed by atoms with van der Waals surface area (Å²) in [6.07, 6.45) is 8.38. The summed E-state index contributed by atoms with van der Waals surface area (Å²) in [7, 11) is 0. The van der Waals surface area contributed by atoms with Crippen molar-refractivity contribution in [3.8, 4) is 0 Å². The average molecular weight is 320 g/mol. The first-order valence-electron chi connectivity index (χ1n) is 9.21. The van der Waals surface area contributed by atoms with E-state index in [1.165, 1.54) is 68.6 Å². The molecule has 0 aliphatic heterocycles. The first kappa shape index (κ1) is 17.9. The molecule has 0 saturated heterocycles. The van der Waals surface area contributed by atoms with Crippen LogP contribution in [0.3, 0.4) is 0 Å². The standard InChI is InChI=1S/C20H33NS/c1-4-21(5-2)16-15-17(3)18-11-13-20(14-12-18)22-19-9-7-6-8-10-19/h11-14,17,19H,4-10,15-16H2,1-3H3. The lowest BCUT2D eigenvalue weighted by molar-refractivity contribution is 0.292. The molecule has 1 saturated carbocycles. The SMILES string of the molecule is CCN(CC)CCC(C)c1ccc(SC2CCCCC2)cc1. The van der Waals surface area contributed by atoms with E-state index in [0.717, 1.165) is 5.25 Å². The van der Waals surface area contributed by atoms with Crippen molar-refractivity contribution < 1.29 is 0 Å². The third-order valence-corrected chi connectivity index (χ3v) is 6.43. The molecule has 0 radical (unpaired) electrons. The van der Waals surface area contributed by atoms with Gasteiger partial charge in [0.1, 0.15) is 0 Å². The van der Waals surface area contributed by atoms with Crippen LogP contribution in [0.5, 0.6) is 0 Å². The van der Waals surface area contributed by atoms with E-state index in [1.54, 1.807) is 0 Å². The van der Waals surface area contributed by atoms with Gasteiger partial charge < -0.3 is 4.90 Å². The van der Waals surface area contributed by atoms with Crippen molar-refractivity contribution in [1.82, 2.24) is 4.90 Å². The first-order valence-corrected chi connectivity index (χ1v) is 10.1. The normalized spacial score (nSPS) is 17.8. The molecule has 1 fully saturated rings. The van der Waals surface area contributed by atoms with E-state index in [2.05, 4.69) is 61.7 Å². The molecule has 0 aromatic heterocycles.